The van der Waals surface area contributed by atoms with E-state index in [4.69, 9.17) is 10.7 Å². The molecular weight excluding hydrogens is 502 g/mol. The average molecular weight is 525 g/mol. The van der Waals surface area contributed by atoms with Gasteiger partial charge >= 0.3 is 0 Å². The fraction of sp³-hybridized carbons (Fsp3) is 0.133. The molecule has 0 unspecified atom stereocenters. The van der Waals surface area contributed by atoms with Crippen molar-refractivity contribution >= 4 is 11.8 Å². The van der Waals surface area contributed by atoms with Gasteiger partial charge in [-0.05, 0) is 65.4 Å². The molecule has 0 bridgehead atoms. The van der Waals surface area contributed by atoms with Gasteiger partial charge in [0.2, 0.25) is 11.5 Å². The van der Waals surface area contributed by atoms with Crippen LogP contribution in [0, 0.1) is 23.5 Å². The van der Waals surface area contributed by atoms with Crippen molar-refractivity contribution in [2.75, 3.05) is 0 Å². The molecule has 2 amide bonds. The molecule has 0 aliphatic carbocycles. The number of pyridine rings is 2. The van der Waals surface area contributed by atoms with E-state index in [0.717, 1.165) is 11.6 Å². The van der Waals surface area contributed by atoms with E-state index in [9.17, 15) is 23.2 Å². The summed E-state index contributed by atoms with van der Waals surface area (Å²) in [6, 6.07) is 15.1. The maximum absolute atomic E-state index is 14.0. The Bertz CT molecular complexity index is 1700. The molecule has 3 heterocycles. The van der Waals surface area contributed by atoms with Gasteiger partial charge in [0.25, 0.3) is 5.91 Å². The van der Waals surface area contributed by atoms with E-state index in [-0.39, 0.29) is 24.3 Å². The summed E-state index contributed by atoms with van der Waals surface area (Å²) in [5.74, 6) is 2.98. The second-order valence-electron chi connectivity index (χ2n) is 9.22. The summed E-state index contributed by atoms with van der Waals surface area (Å²) in [5.41, 5.74) is 9.79. The minimum absolute atomic E-state index is 0.0832. The van der Waals surface area contributed by atoms with Gasteiger partial charge in [0.05, 0.1) is 5.69 Å². The fourth-order valence-corrected chi connectivity index (χ4v) is 4.63. The molecule has 2 aromatic heterocycles. The number of primary amides is 1. The number of amides is 2. The van der Waals surface area contributed by atoms with Crippen LogP contribution in [0.3, 0.4) is 0 Å². The van der Waals surface area contributed by atoms with Crippen molar-refractivity contribution in [2.45, 2.75) is 25.3 Å². The highest BCUT2D eigenvalue weighted by Gasteiger charge is 2.24. The molecule has 0 saturated carbocycles. The molecule has 1 atom stereocenters. The zero-order valence-electron chi connectivity index (χ0n) is 20.6. The highest BCUT2D eigenvalue weighted by Crippen LogP contribution is 2.34. The molecule has 4 aromatic rings. The lowest BCUT2D eigenvalue weighted by Gasteiger charge is -2.20. The summed E-state index contributed by atoms with van der Waals surface area (Å²) >= 11 is 0. The summed E-state index contributed by atoms with van der Waals surface area (Å²) in [5, 5.41) is 2.79. The zero-order valence-corrected chi connectivity index (χ0v) is 20.6. The minimum Gasteiger partial charge on any atom is -0.370 e. The van der Waals surface area contributed by atoms with Crippen LogP contribution in [0.2, 0.25) is 0 Å². The summed E-state index contributed by atoms with van der Waals surface area (Å²) in [4.78, 5) is 43.1. The van der Waals surface area contributed by atoms with Crippen LogP contribution >= 0.6 is 0 Å². The molecule has 0 saturated heterocycles. The first kappa shape index (κ1) is 25.5. The van der Waals surface area contributed by atoms with E-state index in [1.165, 1.54) is 24.4 Å². The Morgan fingerprint density at radius 2 is 1.77 bits per heavy atom. The van der Waals surface area contributed by atoms with E-state index < -0.39 is 23.5 Å². The van der Waals surface area contributed by atoms with Gasteiger partial charge < -0.3 is 16.0 Å². The normalized spacial score (nSPS) is 12.7. The third kappa shape index (κ3) is 5.91. The van der Waals surface area contributed by atoms with Gasteiger partial charge in [-0.25, -0.2) is 13.8 Å². The molecule has 7 nitrogen and oxygen atoms in total. The maximum Gasteiger partial charge on any atom is 0.251 e. The topological polar surface area (TPSA) is 118 Å². The van der Waals surface area contributed by atoms with Gasteiger partial charge in [0, 0.05) is 53.9 Å². The van der Waals surface area contributed by atoms with Crippen molar-refractivity contribution in [3.05, 3.63) is 122 Å². The predicted molar refractivity (Wildman–Crippen MR) is 141 cm³/mol. The van der Waals surface area contributed by atoms with Gasteiger partial charge in [-0.1, -0.05) is 18.1 Å². The number of aromatic amines is 1. The Balaban J connectivity index is 1.63. The van der Waals surface area contributed by atoms with E-state index in [1.807, 2.05) is 12.1 Å². The molecule has 39 heavy (non-hydrogen) atoms. The van der Waals surface area contributed by atoms with E-state index in [0.29, 0.717) is 45.7 Å². The molecule has 194 valence electrons. The highest BCUT2D eigenvalue weighted by atomic mass is 19.1. The monoisotopic (exact) mass is 524 g/mol. The first-order chi connectivity index (χ1) is 18.7. The van der Waals surface area contributed by atoms with Crippen molar-refractivity contribution in [3.63, 3.8) is 0 Å². The highest BCUT2D eigenvalue weighted by molar-refractivity contribution is 5.99. The standard InChI is InChI=1S/C30H22F2N4O3/c31-22-10-18(11-23(32)14-22)9-21(13-27(33)37)29-25(19-3-4-20-16-35-30(39)26(20)12-19)7-6-24(36-29)5-1-17-2-8-28(38)34-15-17/h2-4,6-8,10-12,14-15,21H,9,13,16H2,(H2,33,37)(H,34,38)(H,35,39)/t21-/m0/s1. The average Bonchev–Trinajstić information content (AvgIpc) is 3.27. The van der Waals surface area contributed by atoms with Crippen LogP contribution in [0.15, 0.2) is 71.7 Å². The van der Waals surface area contributed by atoms with Crippen molar-refractivity contribution in [3.8, 4) is 23.0 Å². The van der Waals surface area contributed by atoms with Crippen LogP contribution in [0.4, 0.5) is 8.78 Å². The Morgan fingerprint density at radius 1 is 0.974 bits per heavy atom. The lowest BCUT2D eigenvalue weighted by Crippen LogP contribution is -2.19. The SMILES string of the molecule is NC(=O)C[C@H](Cc1cc(F)cc(F)c1)c1nc(C#Cc2ccc(=O)[nH]c2)ccc1-c1ccc2c(c1)C(=O)NC2. The molecule has 0 radical (unpaired) electrons. The van der Waals surface area contributed by atoms with Crippen molar-refractivity contribution in [2.24, 2.45) is 5.73 Å². The van der Waals surface area contributed by atoms with Gasteiger partial charge in [0.1, 0.15) is 17.3 Å². The molecular formula is C30H22F2N4O3. The Morgan fingerprint density at radius 3 is 2.49 bits per heavy atom. The van der Waals surface area contributed by atoms with Crippen molar-refractivity contribution < 1.29 is 18.4 Å². The third-order valence-electron chi connectivity index (χ3n) is 6.39. The van der Waals surface area contributed by atoms with Crippen molar-refractivity contribution in [1.29, 1.82) is 0 Å². The van der Waals surface area contributed by atoms with E-state index in [1.54, 1.807) is 24.3 Å². The molecule has 5 rings (SSSR count). The number of hydrogen-bond donors (Lipinski definition) is 3. The third-order valence-corrected chi connectivity index (χ3v) is 6.39. The Kier molecular flexibility index (Phi) is 7.02. The lowest BCUT2D eigenvalue weighted by molar-refractivity contribution is -0.118. The van der Waals surface area contributed by atoms with Gasteiger partial charge in [0.15, 0.2) is 0 Å². The van der Waals surface area contributed by atoms with Crippen molar-refractivity contribution in [1.82, 2.24) is 15.3 Å². The van der Waals surface area contributed by atoms with Crippen LogP contribution in [-0.2, 0) is 17.8 Å². The first-order valence-electron chi connectivity index (χ1n) is 12.1. The molecule has 0 spiro atoms. The number of nitrogens with one attached hydrogen (secondary N) is 2. The number of nitrogens with zero attached hydrogens (tertiary/aromatic N) is 1. The van der Waals surface area contributed by atoms with Crippen LogP contribution in [-0.4, -0.2) is 21.8 Å². The molecule has 1 aliphatic heterocycles. The summed E-state index contributed by atoms with van der Waals surface area (Å²) < 4.78 is 28.0. The molecule has 0 fully saturated rings. The molecule has 9 heteroatoms. The van der Waals surface area contributed by atoms with Gasteiger partial charge in [-0.3, -0.25) is 14.4 Å². The number of halogens is 2. The number of nitrogens with two attached hydrogens (primary N) is 1. The number of benzene rings is 2. The maximum atomic E-state index is 14.0. The minimum atomic E-state index is -0.735. The second kappa shape index (κ2) is 10.7. The molecule has 1 aliphatic rings. The number of rotatable bonds is 6. The van der Waals surface area contributed by atoms with E-state index in [2.05, 4.69) is 22.1 Å². The summed E-state index contributed by atoms with van der Waals surface area (Å²) in [6.07, 6.45) is 1.43. The first-order valence-corrected chi connectivity index (χ1v) is 12.1. The second-order valence-corrected chi connectivity index (χ2v) is 9.22. The molecule has 2 aromatic carbocycles. The zero-order chi connectivity index (χ0) is 27.5. The van der Waals surface area contributed by atoms with Crippen LogP contribution in [0.1, 0.15) is 50.8 Å². The number of aromatic nitrogens is 2. The van der Waals surface area contributed by atoms with Crippen LogP contribution in [0.5, 0.6) is 0 Å². The Hall–Kier alpha value is -5.10. The number of carbonyl (C=O) groups is 2. The predicted octanol–water partition coefficient (Wildman–Crippen LogP) is 3.56. The Labute approximate surface area is 222 Å². The lowest BCUT2D eigenvalue weighted by atomic mass is 9.87. The smallest absolute Gasteiger partial charge is 0.251 e. The quantitative estimate of drug-likeness (QED) is 0.334. The van der Waals surface area contributed by atoms with Crippen LogP contribution < -0.4 is 16.6 Å². The number of hydrogen-bond acceptors (Lipinski definition) is 4. The fourth-order valence-electron chi connectivity index (χ4n) is 4.63. The molecule has 4 N–H and O–H groups in total. The largest absolute Gasteiger partial charge is 0.370 e. The number of fused-ring (bicyclic) bond motifs is 1. The summed E-state index contributed by atoms with van der Waals surface area (Å²) in [6.45, 7) is 0.439. The number of carbonyl (C=O) groups excluding carboxylic acids is 2. The van der Waals surface area contributed by atoms with Gasteiger partial charge in [-0.15, -0.1) is 0 Å². The summed E-state index contributed by atoms with van der Waals surface area (Å²) in [7, 11) is 0. The van der Waals surface area contributed by atoms with E-state index >= 15 is 0 Å². The van der Waals surface area contributed by atoms with Crippen LogP contribution in [0.25, 0.3) is 11.1 Å². The number of H-pyrrole nitrogens is 1. The van der Waals surface area contributed by atoms with Gasteiger partial charge in [-0.2, -0.15) is 0 Å².